The van der Waals surface area contributed by atoms with Crippen molar-refractivity contribution in [1.82, 2.24) is 9.97 Å². The summed E-state index contributed by atoms with van der Waals surface area (Å²) in [7, 11) is 0. The molecule has 4 atom stereocenters. The average molecular weight is 523 g/mol. The second-order valence-corrected chi connectivity index (χ2v) is 11.7. The van der Waals surface area contributed by atoms with Crippen molar-refractivity contribution < 1.29 is 14.0 Å². The van der Waals surface area contributed by atoms with E-state index in [0.717, 1.165) is 53.8 Å². The molecule has 0 spiro atoms. The van der Waals surface area contributed by atoms with E-state index < -0.39 is 0 Å². The number of carbonyl (C=O) groups excluding carboxylic acids is 2. The molecular weight excluding hydrogens is 491 g/mol. The van der Waals surface area contributed by atoms with Crippen molar-refractivity contribution in [2.24, 2.45) is 23.2 Å². The molecule has 3 aliphatic rings. The van der Waals surface area contributed by atoms with Gasteiger partial charge in [-0.2, -0.15) is 0 Å². The molecule has 0 aliphatic heterocycles. The van der Waals surface area contributed by atoms with Gasteiger partial charge in [-0.25, -0.2) is 9.37 Å². The highest BCUT2D eigenvalue weighted by molar-refractivity contribution is 6.06. The summed E-state index contributed by atoms with van der Waals surface area (Å²) in [4.78, 5) is 34.2. The monoisotopic (exact) mass is 522 g/mol. The Hall–Kier alpha value is -4.00. The van der Waals surface area contributed by atoms with E-state index in [9.17, 15) is 14.0 Å². The van der Waals surface area contributed by atoms with Crippen LogP contribution in [0.25, 0.3) is 22.4 Å². The fraction of sp³-hybridized carbons (Fsp3) is 0.344. The first-order chi connectivity index (χ1) is 18.9. The van der Waals surface area contributed by atoms with Gasteiger partial charge in [-0.15, -0.1) is 0 Å². The summed E-state index contributed by atoms with van der Waals surface area (Å²) < 4.78 is 13.1. The number of hydrogen-bond acceptors (Lipinski definition) is 3. The number of rotatable bonds is 5. The molecule has 39 heavy (non-hydrogen) atoms. The van der Waals surface area contributed by atoms with Crippen molar-refractivity contribution in [3.63, 3.8) is 0 Å². The fourth-order valence-corrected chi connectivity index (χ4v) is 7.45. The van der Waals surface area contributed by atoms with Crippen LogP contribution in [0.5, 0.6) is 0 Å². The van der Waals surface area contributed by atoms with E-state index in [1.165, 1.54) is 49.9 Å². The van der Waals surface area contributed by atoms with Crippen LogP contribution in [0.15, 0.2) is 66.7 Å². The smallest absolute Gasteiger partial charge is 0.255 e. The summed E-state index contributed by atoms with van der Waals surface area (Å²) in [5, 5.41) is 6.01. The molecule has 2 amide bonds. The van der Waals surface area contributed by atoms with Crippen molar-refractivity contribution >= 4 is 34.2 Å². The van der Waals surface area contributed by atoms with E-state index in [0.29, 0.717) is 22.6 Å². The van der Waals surface area contributed by atoms with Crippen LogP contribution in [0, 0.1) is 29.0 Å². The Labute approximate surface area is 226 Å². The van der Waals surface area contributed by atoms with E-state index in [2.05, 4.69) is 15.6 Å². The lowest BCUT2D eigenvalue weighted by Crippen LogP contribution is -2.40. The number of carbonyl (C=O) groups is 2. The third kappa shape index (κ3) is 4.50. The SMILES string of the molecule is O=C(Nc1ccc(F)cc1)c1ccc2[nH]c(-c3ccc(NC(=O)C45CCC[C@H]6C[C@@H](CC6C4)C5)cc3)nc2c1. The molecule has 3 saturated carbocycles. The minimum Gasteiger partial charge on any atom is -0.338 e. The van der Waals surface area contributed by atoms with Crippen molar-refractivity contribution in [3.05, 3.63) is 78.1 Å². The Bertz CT molecular complexity index is 1560. The number of hydrogen-bond donors (Lipinski definition) is 3. The predicted molar refractivity (Wildman–Crippen MR) is 150 cm³/mol. The first-order valence-corrected chi connectivity index (χ1v) is 13.9. The molecule has 3 N–H and O–H groups in total. The van der Waals surface area contributed by atoms with Gasteiger partial charge in [0.1, 0.15) is 11.6 Å². The van der Waals surface area contributed by atoms with Gasteiger partial charge in [0.05, 0.1) is 16.4 Å². The number of amides is 2. The molecule has 1 aromatic heterocycles. The number of nitrogens with one attached hydrogen (secondary N) is 3. The van der Waals surface area contributed by atoms with Gasteiger partial charge in [0.15, 0.2) is 0 Å². The van der Waals surface area contributed by atoms with E-state index in [4.69, 9.17) is 4.98 Å². The van der Waals surface area contributed by atoms with Crippen LogP contribution in [0.1, 0.15) is 55.3 Å². The maximum atomic E-state index is 13.5. The van der Waals surface area contributed by atoms with Crippen molar-refractivity contribution in [2.75, 3.05) is 10.6 Å². The molecule has 7 heteroatoms. The van der Waals surface area contributed by atoms with Gasteiger partial charge in [-0.05, 0) is 117 Å². The topological polar surface area (TPSA) is 86.9 Å². The molecule has 0 saturated heterocycles. The maximum absolute atomic E-state index is 13.5. The second kappa shape index (κ2) is 9.33. The molecule has 2 unspecified atom stereocenters. The van der Waals surface area contributed by atoms with Gasteiger partial charge in [-0.1, -0.05) is 12.8 Å². The Kier molecular flexibility index (Phi) is 5.76. The zero-order valence-electron chi connectivity index (χ0n) is 21.7. The van der Waals surface area contributed by atoms with E-state index >= 15 is 0 Å². The van der Waals surface area contributed by atoms with E-state index in [1.807, 2.05) is 30.3 Å². The van der Waals surface area contributed by atoms with Gasteiger partial charge in [-0.3, -0.25) is 9.59 Å². The molecule has 7 rings (SSSR count). The number of H-pyrrole nitrogens is 1. The molecule has 1 heterocycles. The van der Waals surface area contributed by atoms with Crippen LogP contribution >= 0.6 is 0 Å². The molecule has 4 aromatic rings. The molecule has 3 fully saturated rings. The Morgan fingerprint density at radius 2 is 1.64 bits per heavy atom. The van der Waals surface area contributed by atoms with Crippen LogP contribution in [0.3, 0.4) is 0 Å². The maximum Gasteiger partial charge on any atom is 0.255 e. The largest absolute Gasteiger partial charge is 0.338 e. The van der Waals surface area contributed by atoms with Crippen molar-refractivity contribution in [2.45, 2.75) is 44.9 Å². The van der Waals surface area contributed by atoms with E-state index in [1.54, 1.807) is 12.1 Å². The third-order valence-corrected chi connectivity index (χ3v) is 9.25. The molecule has 3 aromatic carbocycles. The number of halogens is 1. The van der Waals surface area contributed by atoms with Gasteiger partial charge < -0.3 is 15.6 Å². The van der Waals surface area contributed by atoms with Crippen molar-refractivity contribution in [1.29, 1.82) is 0 Å². The zero-order valence-corrected chi connectivity index (χ0v) is 21.7. The van der Waals surface area contributed by atoms with Crippen LogP contribution in [0.4, 0.5) is 15.8 Å². The molecule has 6 nitrogen and oxygen atoms in total. The lowest BCUT2D eigenvalue weighted by atomic mass is 9.67. The Balaban J connectivity index is 1.05. The van der Waals surface area contributed by atoms with E-state index in [-0.39, 0.29) is 23.0 Å². The first-order valence-electron chi connectivity index (χ1n) is 13.9. The van der Waals surface area contributed by atoms with Crippen LogP contribution < -0.4 is 10.6 Å². The highest BCUT2D eigenvalue weighted by atomic mass is 19.1. The minimum atomic E-state index is -0.355. The molecule has 3 aliphatic carbocycles. The summed E-state index contributed by atoms with van der Waals surface area (Å²) in [6.07, 6.45) is 8.24. The lowest BCUT2D eigenvalue weighted by molar-refractivity contribution is -0.129. The Morgan fingerprint density at radius 3 is 2.46 bits per heavy atom. The predicted octanol–water partition coefficient (Wildman–Crippen LogP) is 7.17. The first kappa shape index (κ1) is 24.1. The van der Waals surface area contributed by atoms with Crippen LogP contribution in [-0.2, 0) is 4.79 Å². The highest BCUT2D eigenvalue weighted by Crippen LogP contribution is 2.59. The Morgan fingerprint density at radius 1 is 0.897 bits per heavy atom. The summed E-state index contributed by atoms with van der Waals surface area (Å²) in [6.45, 7) is 0. The number of anilines is 2. The number of fused-ring (bicyclic) bond motifs is 3. The fourth-order valence-electron chi connectivity index (χ4n) is 7.45. The second-order valence-electron chi connectivity index (χ2n) is 11.7. The van der Waals surface area contributed by atoms with Crippen LogP contribution in [-0.4, -0.2) is 21.8 Å². The molecule has 198 valence electrons. The zero-order chi connectivity index (χ0) is 26.6. The number of aromatic amines is 1. The normalized spacial score (nSPS) is 25.4. The van der Waals surface area contributed by atoms with Gasteiger partial charge >= 0.3 is 0 Å². The quantitative estimate of drug-likeness (QED) is 0.260. The van der Waals surface area contributed by atoms with Gasteiger partial charge in [0.25, 0.3) is 5.91 Å². The van der Waals surface area contributed by atoms with Crippen molar-refractivity contribution in [3.8, 4) is 11.4 Å². The lowest BCUT2D eigenvalue weighted by Gasteiger charge is -2.38. The standard InChI is InChI=1S/C32H31FN4O2/c33-24-6-10-25(11-7-24)34-30(38)22-5-12-27-28(16-22)37-29(36-27)20-3-8-26(9-4-20)35-31(39)32-13-1-2-21-14-19(17-32)15-23(21)18-32/h3-12,16,19,21,23H,1-2,13-15,17-18H2,(H,34,38)(H,35,39)(H,36,37)/t19-,21-,23?,32?/m0/s1. The summed E-state index contributed by atoms with van der Waals surface area (Å²) >= 11 is 0. The summed E-state index contributed by atoms with van der Waals surface area (Å²) in [5.41, 5.74) is 3.99. The molecular formula is C32H31FN4O2. The minimum absolute atomic E-state index is 0.197. The summed E-state index contributed by atoms with van der Waals surface area (Å²) in [5.74, 6) is 2.55. The average Bonchev–Trinajstić information content (AvgIpc) is 3.45. The van der Waals surface area contributed by atoms with Gasteiger partial charge in [0.2, 0.25) is 5.91 Å². The molecule has 0 radical (unpaired) electrons. The third-order valence-electron chi connectivity index (χ3n) is 9.25. The number of aromatic nitrogens is 2. The van der Waals surface area contributed by atoms with Crippen LogP contribution in [0.2, 0.25) is 0 Å². The highest BCUT2D eigenvalue weighted by Gasteiger charge is 2.52. The number of nitrogens with zero attached hydrogens (tertiary/aromatic N) is 1. The molecule has 3 bridgehead atoms. The summed E-state index contributed by atoms with van der Waals surface area (Å²) in [6, 6.07) is 18.7. The number of benzene rings is 3. The van der Waals surface area contributed by atoms with Gasteiger partial charge in [0, 0.05) is 22.5 Å². The number of imidazole rings is 1.